The molecule has 0 aliphatic rings. The van der Waals surface area contributed by atoms with Gasteiger partial charge in [-0.2, -0.15) is 0 Å². The molecule has 0 aliphatic carbocycles. The maximum Gasteiger partial charge on any atom is 0.0417 e. The predicted octanol–water partition coefficient (Wildman–Crippen LogP) is 5.00. The summed E-state index contributed by atoms with van der Waals surface area (Å²) in [5, 5.41) is 5.91. The van der Waals surface area contributed by atoms with Crippen LogP contribution in [0.25, 0.3) is 10.8 Å². The summed E-state index contributed by atoms with van der Waals surface area (Å²) in [4.78, 5) is 0. The van der Waals surface area contributed by atoms with Crippen molar-refractivity contribution in [2.45, 2.75) is 39.0 Å². The number of anilines is 1. The Morgan fingerprint density at radius 2 is 1.89 bits per heavy atom. The quantitative estimate of drug-likeness (QED) is 0.701. The number of rotatable bonds is 6. The fourth-order valence-corrected chi connectivity index (χ4v) is 2.46. The van der Waals surface area contributed by atoms with Crippen molar-refractivity contribution in [1.82, 2.24) is 0 Å². The van der Waals surface area contributed by atoms with E-state index in [4.69, 9.17) is 0 Å². The Labute approximate surface area is 110 Å². The molecule has 2 aromatic carbocycles. The van der Waals surface area contributed by atoms with E-state index >= 15 is 0 Å². The highest BCUT2D eigenvalue weighted by Crippen LogP contribution is 2.24. The van der Waals surface area contributed by atoms with Gasteiger partial charge in [-0.1, -0.05) is 56.5 Å². The molecule has 0 aromatic heterocycles. The summed E-state index contributed by atoms with van der Waals surface area (Å²) in [7, 11) is 1.98. The second-order valence-corrected chi connectivity index (χ2v) is 4.92. The summed E-state index contributed by atoms with van der Waals surface area (Å²) in [5.41, 5.74) is 2.68. The third-order valence-corrected chi connectivity index (χ3v) is 3.53. The van der Waals surface area contributed by atoms with Crippen LogP contribution in [0.2, 0.25) is 0 Å². The minimum atomic E-state index is 1.21. The number of hydrogen-bond donors (Lipinski definition) is 1. The van der Waals surface area contributed by atoms with Crippen LogP contribution in [0.15, 0.2) is 36.4 Å². The number of hydrogen-bond acceptors (Lipinski definition) is 1. The van der Waals surface area contributed by atoms with E-state index in [1.807, 2.05) is 7.05 Å². The molecule has 18 heavy (non-hydrogen) atoms. The lowest BCUT2D eigenvalue weighted by Gasteiger charge is -2.08. The second-order valence-electron chi connectivity index (χ2n) is 4.92. The maximum absolute atomic E-state index is 3.25. The zero-order chi connectivity index (χ0) is 12.8. The fraction of sp³-hybridized carbons (Fsp3) is 0.412. The molecule has 2 aromatic rings. The molecule has 0 unspecified atom stereocenters. The first-order valence-corrected chi connectivity index (χ1v) is 7.04. The maximum atomic E-state index is 3.25. The predicted molar refractivity (Wildman–Crippen MR) is 81.3 cm³/mol. The summed E-state index contributed by atoms with van der Waals surface area (Å²) in [6.45, 7) is 2.26. The van der Waals surface area contributed by atoms with Crippen molar-refractivity contribution in [3.05, 3.63) is 42.0 Å². The third kappa shape index (κ3) is 3.04. The van der Waals surface area contributed by atoms with Crippen LogP contribution in [-0.2, 0) is 6.42 Å². The molecular formula is C17H23N. The molecule has 0 heterocycles. The Morgan fingerprint density at radius 3 is 2.67 bits per heavy atom. The van der Waals surface area contributed by atoms with Gasteiger partial charge in [-0.3, -0.25) is 0 Å². The average molecular weight is 241 g/mol. The largest absolute Gasteiger partial charge is 0.388 e. The lowest BCUT2D eigenvalue weighted by molar-refractivity contribution is 0.667. The van der Waals surface area contributed by atoms with Crippen LogP contribution < -0.4 is 5.32 Å². The van der Waals surface area contributed by atoms with E-state index in [-0.39, 0.29) is 0 Å². The van der Waals surface area contributed by atoms with Gasteiger partial charge < -0.3 is 5.32 Å². The average Bonchev–Trinajstić information content (AvgIpc) is 2.42. The normalized spacial score (nSPS) is 10.8. The number of fused-ring (bicyclic) bond motifs is 1. The van der Waals surface area contributed by atoms with E-state index in [1.165, 1.54) is 54.1 Å². The highest BCUT2D eigenvalue weighted by atomic mass is 14.8. The van der Waals surface area contributed by atoms with E-state index in [1.54, 1.807) is 0 Å². The van der Waals surface area contributed by atoms with E-state index < -0.39 is 0 Å². The van der Waals surface area contributed by atoms with Gasteiger partial charge in [-0.25, -0.2) is 0 Å². The number of aryl methyl sites for hydroxylation is 1. The topological polar surface area (TPSA) is 12.0 Å². The van der Waals surface area contributed by atoms with Crippen LogP contribution in [0.3, 0.4) is 0 Å². The molecule has 0 aliphatic heterocycles. The van der Waals surface area contributed by atoms with Crippen molar-refractivity contribution >= 4 is 16.5 Å². The molecule has 0 radical (unpaired) electrons. The highest BCUT2D eigenvalue weighted by Gasteiger charge is 2.00. The third-order valence-electron chi connectivity index (χ3n) is 3.53. The van der Waals surface area contributed by atoms with Crippen LogP contribution >= 0.6 is 0 Å². The molecule has 0 amide bonds. The zero-order valence-electron chi connectivity index (χ0n) is 11.5. The minimum absolute atomic E-state index is 1.21. The monoisotopic (exact) mass is 241 g/mol. The Morgan fingerprint density at radius 1 is 1.00 bits per heavy atom. The molecule has 1 heteroatoms. The van der Waals surface area contributed by atoms with Gasteiger partial charge >= 0.3 is 0 Å². The number of unbranched alkanes of at least 4 members (excludes halogenated alkanes) is 3. The molecule has 0 saturated carbocycles. The highest BCUT2D eigenvalue weighted by molar-refractivity contribution is 5.94. The van der Waals surface area contributed by atoms with E-state index in [2.05, 4.69) is 48.6 Å². The smallest absolute Gasteiger partial charge is 0.0417 e. The van der Waals surface area contributed by atoms with E-state index in [0.717, 1.165) is 0 Å². The van der Waals surface area contributed by atoms with Gasteiger partial charge in [0, 0.05) is 18.1 Å². The van der Waals surface area contributed by atoms with Gasteiger partial charge in [-0.15, -0.1) is 0 Å². The van der Waals surface area contributed by atoms with Crippen molar-refractivity contribution < 1.29 is 0 Å². The van der Waals surface area contributed by atoms with Gasteiger partial charge in [0.05, 0.1) is 0 Å². The molecule has 1 nitrogen and oxygen atoms in total. The molecule has 0 atom stereocenters. The van der Waals surface area contributed by atoms with Crippen molar-refractivity contribution in [3.63, 3.8) is 0 Å². The first-order chi connectivity index (χ1) is 8.85. The summed E-state index contributed by atoms with van der Waals surface area (Å²) < 4.78 is 0. The summed E-state index contributed by atoms with van der Waals surface area (Å²) in [5.74, 6) is 0. The molecule has 0 fully saturated rings. The van der Waals surface area contributed by atoms with Crippen LogP contribution in [0.1, 0.15) is 38.2 Å². The van der Waals surface area contributed by atoms with Crippen molar-refractivity contribution in [3.8, 4) is 0 Å². The van der Waals surface area contributed by atoms with Crippen LogP contribution in [0.4, 0.5) is 5.69 Å². The van der Waals surface area contributed by atoms with Gasteiger partial charge in [0.1, 0.15) is 0 Å². The Hall–Kier alpha value is -1.50. The van der Waals surface area contributed by atoms with E-state index in [9.17, 15) is 0 Å². The summed E-state index contributed by atoms with van der Waals surface area (Å²) in [6, 6.07) is 13.3. The summed E-state index contributed by atoms with van der Waals surface area (Å²) >= 11 is 0. The van der Waals surface area contributed by atoms with Gasteiger partial charge in [-0.05, 0) is 29.9 Å². The first-order valence-electron chi connectivity index (χ1n) is 7.04. The van der Waals surface area contributed by atoms with E-state index in [0.29, 0.717) is 0 Å². The lowest BCUT2D eigenvalue weighted by atomic mass is 10.0. The molecule has 0 spiro atoms. The van der Waals surface area contributed by atoms with Crippen molar-refractivity contribution in [2.24, 2.45) is 0 Å². The molecule has 0 bridgehead atoms. The Kier molecular flexibility index (Phi) is 4.63. The fourth-order valence-electron chi connectivity index (χ4n) is 2.46. The van der Waals surface area contributed by atoms with Crippen LogP contribution in [0, 0.1) is 0 Å². The molecular weight excluding hydrogens is 218 g/mol. The minimum Gasteiger partial charge on any atom is -0.388 e. The molecule has 2 rings (SSSR count). The number of nitrogens with one attached hydrogen (secondary N) is 1. The van der Waals surface area contributed by atoms with Gasteiger partial charge in [0.25, 0.3) is 0 Å². The second kappa shape index (κ2) is 6.44. The first kappa shape index (κ1) is 12.9. The molecule has 1 N–H and O–H groups in total. The SMILES string of the molecule is CCCCCCc1ccc2c(NC)cccc2c1. The zero-order valence-corrected chi connectivity index (χ0v) is 11.5. The molecule has 96 valence electrons. The number of benzene rings is 2. The Bertz CT molecular complexity index is 502. The van der Waals surface area contributed by atoms with Gasteiger partial charge in [0.15, 0.2) is 0 Å². The summed E-state index contributed by atoms with van der Waals surface area (Å²) in [6.07, 6.45) is 6.54. The van der Waals surface area contributed by atoms with Crippen molar-refractivity contribution in [2.75, 3.05) is 12.4 Å². The Balaban J connectivity index is 2.12. The van der Waals surface area contributed by atoms with Crippen molar-refractivity contribution in [1.29, 1.82) is 0 Å². The standard InChI is InChI=1S/C17H23N/c1-3-4-5-6-8-14-11-12-16-15(13-14)9-7-10-17(16)18-2/h7,9-13,18H,3-6,8H2,1-2H3. The van der Waals surface area contributed by atoms with Crippen LogP contribution in [0.5, 0.6) is 0 Å². The van der Waals surface area contributed by atoms with Gasteiger partial charge in [0.2, 0.25) is 0 Å². The van der Waals surface area contributed by atoms with Crippen LogP contribution in [-0.4, -0.2) is 7.05 Å². The molecule has 0 saturated heterocycles. The lowest BCUT2D eigenvalue weighted by Crippen LogP contribution is -1.91.